The Morgan fingerprint density at radius 2 is 1.78 bits per heavy atom. The lowest BCUT2D eigenvalue weighted by Crippen LogP contribution is -2.34. The number of likely N-dealkylation sites (tertiary alicyclic amines) is 2. The Labute approximate surface area is 203 Å². The van der Waals surface area contributed by atoms with Gasteiger partial charge in [-0.05, 0) is 83.9 Å². The molecule has 2 atom stereocenters. The van der Waals surface area contributed by atoms with Gasteiger partial charge in [0.05, 0.1) is 5.56 Å². The lowest BCUT2D eigenvalue weighted by Gasteiger charge is -2.22. The van der Waals surface area contributed by atoms with Gasteiger partial charge in [0.1, 0.15) is 0 Å². The molecule has 32 heavy (non-hydrogen) atoms. The quantitative estimate of drug-likeness (QED) is 0.571. The van der Waals surface area contributed by atoms with Gasteiger partial charge in [0.15, 0.2) is 0 Å². The summed E-state index contributed by atoms with van der Waals surface area (Å²) in [7, 11) is 0. The molecule has 2 aromatic carbocycles. The summed E-state index contributed by atoms with van der Waals surface area (Å²) in [6, 6.07) is 11.2. The van der Waals surface area contributed by atoms with Crippen molar-refractivity contribution in [3.05, 3.63) is 68.1 Å². The third-order valence-electron chi connectivity index (χ3n) is 6.64. The van der Waals surface area contributed by atoms with E-state index in [9.17, 15) is 9.59 Å². The topological polar surface area (TPSA) is 52.7 Å². The Hall–Kier alpha value is -1.89. The van der Waals surface area contributed by atoms with E-state index >= 15 is 0 Å². The fourth-order valence-electron chi connectivity index (χ4n) is 4.76. The van der Waals surface area contributed by atoms with Gasteiger partial charge in [-0.1, -0.05) is 29.8 Å². The van der Waals surface area contributed by atoms with Crippen LogP contribution in [0.4, 0.5) is 0 Å². The second kappa shape index (κ2) is 9.94. The van der Waals surface area contributed by atoms with Crippen molar-refractivity contribution in [3.63, 3.8) is 0 Å². The van der Waals surface area contributed by atoms with Crippen LogP contribution in [0, 0.1) is 25.7 Å². The number of rotatable bonds is 6. The average Bonchev–Trinajstić information content (AvgIpc) is 3.33. The minimum absolute atomic E-state index is 0.0818. The molecule has 4 rings (SSSR count). The van der Waals surface area contributed by atoms with E-state index in [1.54, 1.807) is 12.1 Å². The molecule has 0 aromatic heterocycles. The molecule has 2 saturated heterocycles. The first-order chi connectivity index (χ1) is 15.3. The van der Waals surface area contributed by atoms with Crippen molar-refractivity contribution < 1.29 is 9.59 Å². The van der Waals surface area contributed by atoms with Gasteiger partial charge in [0.25, 0.3) is 11.8 Å². The van der Waals surface area contributed by atoms with E-state index in [1.807, 2.05) is 43.0 Å². The Balaban J connectivity index is 1.20. The van der Waals surface area contributed by atoms with Gasteiger partial charge in [-0.2, -0.15) is 0 Å². The first-order valence-electron chi connectivity index (χ1n) is 11.1. The second-order valence-corrected chi connectivity index (χ2v) is 10.2. The number of benzene rings is 2. The lowest BCUT2D eigenvalue weighted by atomic mass is 10.0. The Morgan fingerprint density at radius 1 is 1.06 bits per heavy atom. The van der Waals surface area contributed by atoms with Crippen LogP contribution in [-0.4, -0.2) is 60.9 Å². The molecule has 7 heteroatoms. The maximum Gasteiger partial charge on any atom is 0.255 e. The van der Waals surface area contributed by atoms with Gasteiger partial charge >= 0.3 is 0 Å². The van der Waals surface area contributed by atoms with Gasteiger partial charge in [0, 0.05) is 47.8 Å². The van der Waals surface area contributed by atoms with Gasteiger partial charge < -0.3 is 15.1 Å². The molecule has 0 radical (unpaired) electrons. The zero-order valence-corrected chi connectivity index (χ0v) is 20.9. The Bertz CT molecular complexity index is 1010. The van der Waals surface area contributed by atoms with Crippen molar-refractivity contribution in [2.75, 3.05) is 39.3 Å². The van der Waals surface area contributed by atoms with Gasteiger partial charge in [-0.15, -0.1) is 0 Å². The lowest BCUT2D eigenvalue weighted by molar-refractivity contribution is 0.0773. The number of hydrogen-bond acceptors (Lipinski definition) is 3. The van der Waals surface area contributed by atoms with Gasteiger partial charge in [0.2, 0.25) is 0 Å². The summed E-state index contributed by atoms with van der Waals surface area (Å²) in [5, 5.41) is 3.60. The van der Waals surface area contributed by atoms with E-state index in [1.165, 1.54) is 0 Å². The normalized spacial score (nSPS) is 20.4. The zero-order valence-electron chi connectivity index (χ0n) is 18.5. The first kappa shape index (κ1) is 23.3. The van der Waals surface area contributed by atoms with Crippen molar-refractivity contribution in [2.45, 2.75) is 20.3 Å². The van der Waals surface area contributed by atoms with Crippen molar-refractivity contribution in [1.29, 1.82) is 0 Å². The zero-order chi connectivity index (χ0) is 22.8. The van der Waals surface area contributed by atoms with Gasteiger partial charge in [-0.3, -0.25) is 9.59 Å². The number of aryl methyl sites for hydroxylation is 2. The van der Waals surface area contributed by atoms with Crippen molar-refractivity contribution in [1.82, 2.24) is 15.1 Å². The van der Waals surface area contributed by atoms with E-state index < -0.39 is 0 Å². The third kappa shape index (κ3) is 5.03. The molecule has 2 aliphatic rings. The molecule has 0 spiro atoms. The van der Waals surface area contributed by atoms with Crippen molar-refractivity contribution in [2.24, 2.45) is 11.8 Å². The number of nitrogens with zero attached hydrogens (tertiary/aromatic N) is 2. The Morgan fingerprint density at radius 3 is 2.47 bits per heavy atom. The Kier molecular flexibility index (Phi) is 7.23. The molecule has 0 bridgehead atoms. The van der Waals surface area contributed by atoms with Crippen LogP contribution in [0.2, 0.25) is 5.02 Å². The molecule has 2 heterocycles. The third-order valence-corrected chi connectivity index (χ3v) is 8.10. The molecule has 2 aromatic rings. The molecule has 2 unspecified atom stereocenters. The number of halogens is 2. The van der Waals surface area contributed by atoms with Crippen molar-refractivity contribution in [3.8, 4) is 0 Å². The summed E-state index contributed by atoms with van der Waals surface area (Å²) in [5.41, 5.74) is 3.40. The van der Waals surface area contributed by atoms with Crippen LogP contribution in [0.15, 0.2) is 40.9 Å². The molecular weight excluding hydrogens is 490 g/mol. The summed E-state index contributed by atoms with van der Waals surface area (Å²) in [4.78, 5) is 29.8. The second-order valence-electron chi connectivity index (χ2n) is 9.00. The summed E-state index contributed by atoms with van der Waals surface area (Å²) >= 11 is 9.69. The summed E-state index contributed by atoms with van der Waals surface area (Å²) in [5.74, 6) is 1.11. The first-order valence-corrected chi connectivity index (χ1v) is 12.3. The average molecular weight is 519 g/mol. The minimum atomic E-state index is -0.0818. The molecular formula is C25H29BrClN3O2. The summed E-state index contributed by atoms with van der Waals surface area (Å²) < 4.78 is 0.902. The maximum atomic E-state index is 13.0. The highest BCUT2D eigenvalue weighted by Gasteiger charge is 2.41. The number of fused-ring (bicyclic) bond motifs is 1. The largest absolute Gasteiger partial charge is 0.352 e. The molecule has 1 N–H and O–H groups in total. The van der Waals surface area contributed by atoms with E-state index in [-0.39, 0.29) is 11.8 Å². The van der Waals surface area contributed by atoms with Crippen LogP contribution in [0.1, 0.15) is 38.3 Å². The smallest absolute Gasteiger partial charge is 0.255 e. The van der Waals surface area contributed by atoms with Crippen LogP contribution >= 0.6 is 27.5 Å². The fourth-order valence-corrected chi connectivity index (χ4v) is 5.38. The van der Waals surface area contributed by atoms with Crippen molar-refractivity contribution >= 4 is 39.3 Å². The molecule has 2 amide bonds. The van der Waals surface area contributed by atoms with Crippen LogP contribution in [0.3, 0.4) is 0 Å². The number of carbonyl (C=O) groups excluding carboxylic acids is 2. The summed E-state index contributed by atoms with van der Waals surface area (Å²) in [6.07, 6.45) is 0.906. The van der Waals surface area contributed by atoms with E-state index in [4.69, 9.17) is 11.6 Å². The van der Waals surface area contributed by atoms with E-state index in [0.717, 1.165) is 60.3 Å². The molecule has 2 aliphatic heterocycles. The number of amides is 2. The van der Waals surface area contributed by atoms with Crippen LogP contribution in [0.5, 0.6) is 0 Å². The van der Waals surface area contributed by atoms with E-state index in [2.05, 4.69) is 26.1 Å². The summed E-state index contributed by atoms with van der Waals surface area (Å²) in [6.45, 7) is 9.22. The van der Waals surface area contributed by atoms with Gasteiger partial charge in [-0.25, -0.2) is 0 Å². The fraction of sp³-hybridized carbons (Fsp3) is 0.440. The highest BCUT2D eigenvalue weighted by molar-refractivity contribution is 9.10. The number of nitrogens with one attached hydrogen (secondary N) is 1. The van der Waals surface area contributed by atoms with E-state index in [0.29, 0.717) is 29.0 Å². The predicted molar refractivity (Wildman–Crippen MR) is 131 cm³/mol. The number of carbonyl (C=O) groups is 2. The SMILES string of the molecule is Cc1ccc(C(=O)NCCCN2CC3CN(C(=O)c4cccc(C)c4Br)CC3C2)cc1Cl. The standard InChI is InChI=1S/C25H29BrClN3O2/c1-16-7-8-18(11-22(16)27)24(31)28-9-4-10-29-12-19-14-30(15-20(19)13-29)25(32)21-6-3-5-17(2)23(21)26/h3,5-8,11,19-20H,4,9-10,12-15H2,1-2H3,(H,28,31). The van der Waals surface area contributed by atoms with Crippen LogP contribution < -0.4 is 5.32 Å². The van der Waals surface area contributed by atoms with Crippen LogP contribution in [-0.2, 0) is 0 Å². The molecule has 5 nitrogen and oxygen atoms in total. The minimum Gasteiger partial charge on any atom is -0.352 e. The maximum absolute atomic E-state index is 13.0. The predicted octanol–water partition coefficient (Wildman–Crippen LogP) is 4.54. The molecule has 0 saturated carbocycles. The van der Waals surface area contributed by atoms with Crippen LogP contribution in [0.25, 0.3) is 0 Å². The highest BCUT2D eigenvalue weighted by Crippen LogP contribution is 2.33. The highest BCUT2D eigenvalue weighted by atomic mass is 79.9. The molecule has 0 aliphatic carbocycles. The molecule has 170 valence electrons. The number of hydrogen-bond donors (Lipinski definition) is 1. The molecule has 2 fully saturated rings. The monoisotopic (exact) mass is 517 g/mol.